The monoisotopic (exact) mass is 510 g/mol. The summed E-state index contributed by atoms with van der Waals surface area (Å²) in [6.45, 7) is 0. The van der Waals surface area contributed by atoms with Crippen LogP contribution in [-0.4, -0.2) is 19.9 Å². The van der Waals surface area contributed by atoms with Gasteiger partial charge in [-0.15, -0.1) is 0 Å². The van der Waals surface area contributed by atoms with Gasteiger partial charge in [-0.3, -0.25) is 19.9 Å². The van der Waals surface area contributed by atoms with Crippen LogP contribution in [0.1, 0.15) is 0 Å². The largest absolute Gasteiger partial charge is 0.256 e. The Morgan fingerprint density at radius 1 is 0.375 bits per heavy atom. The minimum Gasteiger partial charge on any atom is -0.256 e. The zero-order valence-corrected chi connectivity index (χ0v) is 21.5. The van der Waals surface area contributed by atoms with Gasteiger partial charge in [0.05, 0.1) is 22.2 Å². The summed E-state index contributed by atoms with van der Waals surface area (Å²) in [6.07, 6.45) is 7.56. The number of fused-ring (bicyclic) bond motifs is 5. The van der Waals surface area contributed by atoms with Crippen molar-refractivity contribution in [2.75, 3.05) is 0 Å². The van der Waals surface area contributed by atoms with Crippen molar-refractivity contribution in [1.82, 2.24) is 19.9 Å². The second-order valence-corrected chi connectivity index (χ2v) is 9.96. The van der Waals surface area contributed by atoms with Crippen molar-refractivity contribution in [3.8, 4) is 33.5 Å². The molecule has 0 aliphatic heterocycles. The van der Waals surface area contributed by atoms with Crippen LogP contribution in [0.4, 0.5) is 0 Å². The standard InChI is InChI=1S/C36H22N4/c1-2-12-29-23(7-1)8-3-13-30(29)36-32(31-14-4-9-24-10-5-17-37-33(24)31)20-28(22-40-36)27-19-26-16-15-25-11-6-18-38-34(25)35(26)39-21-27/h1-22H. The summed E-state index contributed by atoms with van der Waals surface area (Å²) in [5, 5.41) is 5.59. The van der Waals surface area contributed by atoms with E-state index in [1.54, 1.807) is 0 Å². The van der Waals surface area contributed by atoms with Gasteiger partial charge in [-0.1, -0.05) is 84.9 Å². The van der Waals surface area contributed by atoms with Gasteiger partial charge in [0.2, 0.25) is 0 Å². The summed E-state index contributed by atoms with van der Waals surface area (Å²) >= 11 is 0. The molecule has 0 bridgehead atoms. The third kappa shape index (κ3) is 3.62. The van der Waals surface area contributed by atoms with Crippen LogP contribution in [0.25, 0.3) is 77.0 Å². The summed E-state index contributed by atoms with van der Waals surface area (Å²) in [7, 11) is 0. The van der Waals surface area contributed by atoms with Crippen molar-refractivity contribution in [2.45, 2.75) is 0 Å². The van der Waals surface area contributed by atoms with Crippen LogP contribution >= 0.6 is 0 Å². The first-order valence-corrected chi connectivity index (χ1v) is 13.3. The van der Waals surface area contributed by atoms with Crippen LogP contribution in [0.15, 0.2) is 134 Å². The van der Waals surface area contributed by atoms with Crippen molar-refractivity contribution in [2.24, 2.45) is 0 Å². The molecule has 186 valence electrons. The van der Waals surface area contributed by atoms with E-state index < -0.39 is 0 Å². The molecule has 0 saturated heterocycles. The SMILES string of the molecule is c1ccc2c(-c3ncc(-c4cnc5c(ccc6cccnc65)c4)cc3-c3cccc4cccnc34)cccc2c1. The number of hydrogen-bond donors (Lipinski definition) is 0. The fraction of sp³-hybridized carbons (Fsp3) is 0. The molecule has 4 heteroatoms. The number of rotatable bonds is 3. The predicted molar refractivity (Wildman–Crippen MR) is 164 cm³/mol. The van der Waals surface area contributed by atoms with Gasteiger partial charge in [0.25, 0.3) is 0 Å². The first-order chi connectivity index (χ1) is 19.8. The molecule has 8 rings (SSSR count). The van der Waals surface area contributed by atoms with Crippen LogP contribution in [0.2, 0.25) is 0 Å². The molecule has 0 N–H and O–H groups in total. The van der Waals surface area contributed by atoms with Crippen LogP contribution in [0.5, 0.6) is 0 Å². The third-order valence-electron chi connectivity index (χ3n) is 7.61. The first kappa shape index (κ1) is 22.5. The molecule has 0 spiro atoms. The lowest BCUT2D eigenvalue weighted by Crippen LogP contribution is -1.95. The molecule has 8 aromatic rings. The first-order valence-electron chi connectivity index (χ1n) is 13.3. The topological polar surface area (TPSA) is 51.6 Å². The predicted octanol–water partition coefficient (Wildman–Crippen LogP) is 8.88. The van der Waals surface area contributed by atoms with E-state index in [0.29, 0.717) is 0 Å². The Labute approximate surface area is 230 Å². The fourth-order valence-electron chi connectivity index (χ4n) is 5.69. The molecular weight excluding hydrogens is 488 g/mol. The number of hydrogen-bond acceptors (Lipinski definition) is 4. The minimum absolute atomic E-state index is 0.903. The summed E-state index contributed by atoms with van der Waals surface area (Å²) in [4.78, 5) is 19.3. The molecule has 4 heterocycles. The molecule has 0 fully saturated rings. The summed E-state index contributed by atoms with van der Waals surface area (Å²) in [6, 6.07) is 37.9. The molecule has 0 atom stereocenters. The van der Waals surface area contributed by atoms with E-state index in [9.17, 15) is 0 Å². The van der Waals surface area contributed by atoms with Gasteiger partial charge in [0, 0.05) is 68.8 Å². The lowest BCUT2D eigenvalue weighted by molar-refractivity contribution is 1.32. The molecule has 40 heavy (non-hydrogen) atoms. The third-order valence-corrected chi connectivity index (χ3v) is 7.61. The van der Waals surface area contributed by atoms with Crippen molar-refractivity contribution in [3.05, 3.63) is 134 Å². The summed E-state index contributed by atoms with van der Waals surface area (Å²) < 4.78 is 0. The van der Waals surface area contributed by atoms with E-state index in [-0.39, 0.29) is 0 Å². The van der Waals surface area contributed by atoms with E-state index in [2.05, 4.69) is 102 Å². The van der Waals surface area contributed by atoms with Crippen LogP contribution in [-0.2, 0) is 0 Å². The molecule has 0 radical (unpaired) electrons. The molecular formula is C36H22N4. The molecule has 0 amide bonds. The lowest BCUT2D eigenvalue weighted by Gasteiger charge is -2.15. The lowest BCUT2D eigenvalue weighted by atomic mass is 9.92. The molecule has 4 aromatic heterocycles. The Kier molecular flexibility index (Phi) is 5.10. The fourth-order valence-corrected chi connectivity index (χ4v) is 5.69. The second-order valence-electron chi connectivity index (χ2n) is 9.96. The normalized spacial score (nSPS) is 11.5. The highest BCUT2D eigenvalue weighted by molar-refractivity contribution is 6.05. The van der Waals surface area contributed by atoms with E-state index in [0.717, 1.165) is 66.2 Å². The Morgan fingerprint density at radius 2 is 1.00 bits per heavy atom. The number of aromatic nitrogens is 4. The number of nitrogens with zero attached hydrogens (tertiary/aromatic N) is 4. The van der Waals surface area contributed by atoms with E-state index in [4.69, 9.17) is 15.0 Å². The maximum absolute atomic E-state index is 5.12. The van der Waals surface area contributed by atoms with Crippen molar-refractivity contribution in [1.29, 1.82) is 0 Å². The van der Waals surface area contributed by atoms with Crippen LogP contribution in [0.3, 0.4) is 0 Å². The summed E-state index contributed by atoms with van der Waals surface area (Å²) in [5.74, 6) is 0. The van der Waals surface area contributed by atoms with Crippen LogP contribution < -0.4 is 0 Å². The molecule has 4 nitrogen and oxygen atoms in total. The number of para-hydroxylation sites is 1. The average Bonchev–Trinajstić information content (AvgIpc) is 3.03. The van der Waals surface area contributed by atoms with Crippen LogP contribution in [0, 0.1) is 0 Å². The highest BCUT2D eigenvalue weighted by Gasteiger charge is 2.17. The van der Waals surface area contributed by atoms with Gasteiger partial charge in [-0.05, 0) is 35.0 Å². The molecule has 0 unspecified atom stereocenters. The van der Waals surface area contributed by atoms with Gasteiger partial charge in [-0.2, -0.15) is 0 Å². The Morgan fingerprint density at radius 3 is 1.90 bits per heavy atom. The number of benzene rings is 4. The Bertz CT molecular complexity index is 2230. The van der Waals surface area contributed by atoms with E-state index in [1.807, 2.05) is 36.9 Å². The van der Waals surface area contributed by atoms with E-state index in [1.165, 1.54) is 10.8 Å². The van der Waals surface area contributed by atoms with Gasteiger partial charge in [-0.25, -0.2) is 0 Å². The van der Waals surface area contributed by atoms with Gasteiger partial charge >= 0.3 is 0 Å². The molecule has 4 aromatic carbocycles. The Balaban J connectivity index is 1.38. The zero-order chi connectivity index (χ0) is 26.5. The van der Waals surface area contributed by atoms with Crippen molar-refractivity contribution in [3.63, 3.8) is 0 Å². The molecule has 0 saturated carbocycles. The minimum atomic E-state index is 0.903. The second kappa shape index (κ2) is 9.07. The van der Waals surface area contributed by atoms with Gasteiger partial charge < -0.3 is 0 Å². The molecule has 0 aliphatic carbocycles. The quantitative estimate of drug-likeness (QED) is 0.223. The van der Waals surface area contributed by atoms with E-state index >= 15 is 0 Å². The van der Waals surface area contributed by atoms with Gasteiger partial charge in [0.1, 0.15) is 0 Å². The highest BCUT2D eigenvalue weighted by atomic mass is 14.7. The summed E-state index contributed by atoms with van der Waals surface area (Å²) in [5.41, 5.74) is 8.91. The zero-order valence-electron chi connectivity index (χ0n) is 21.5. The molecule has 0 aliphatic rings. The average molecular weight is 511 g/mol. The van der Waals surface area contributed by atoms with Crippen molar-refractivity contribution >= 4 is 43.5 Å². The smallest absolute Gasteiger partial charge is 0.0964 e. The van der Waals surface area contributed by atoms with Gasteiger partial charge in [0.15, 0.2) is 0 Å². The number of pyridine rings is 4. The van der Waals surface area contributed by atoms with Crippen molar-refractivity contribution < 1.29 is 0 Å². The highest BCUT2D eigenvalue weighted by Crippen LogP contribution is 2.39. The maximum atomic E-state index is 5.12. The maximum Gasteiger partial charge on any atom is 0.0964 e. The Hall–Kier alpha value is -5.48.